The average molecular weight is 659 g/mol. The van der Waals surface area contributed by atoms with Gasteiger partial charge in [0.2, 0.25) is 0 Å². The Balaban J connectivity index is 0.000000157. The van der Waals surface area contributed by atoms with Gasteiger partial charge in [0.25, 0.3) is 0 Å². The van der Waals surface area contributed by atoms with Crippen LogP contribution in [0.15, 0.2) is 60.7 Å². The van der Waals surface area contributed by atoms with Crippen molar-refractivity contribution in [3.8, 4) is 0 Å². The number of fused-ring (bicyclic) bond motifs is 2. The molecule has 0 aliphatic heterocycles. The zero-order chi connectivity index (χ0) is 26.5. The van der Waals surface area contributed by atoms with Crippen LogP contribution in [0.25, 0.3) is 21.5 Å². The molecule has 0 spiro atoms. The van der Waals surface area contributed by atoms with Gasteiger partial charge in [-0.2, -0.15) is 12.1 Å². The second-order valence-corrected chi connectivity index (χ2v) is 16.3. The van der Waals surface area contributed by atoms with Gasteiger partial charge in [-0.05, 0) is 10.8 Å². The zero-order valence-corrected chi connectivity index (χ0v) is 28.3. The van der Waals surface area contributed by atoms with E-state index in [0.717, 1.165) is 5.92 Å². The monoisotopic (exact) mass is 660 g/mol. The fraction of sp³-hybridized carbons (Fsp3) is 0.441. The van der Waals surface area contributed by atoms with Crippen molar-refractivity contribution in [2.75, 3.05) is 0 Å². The molecule has 0 heterocycles. The van der Waals surface area contributed by atoms with Crippen molar-refractivity contribution in [2.24, 2.45) is 5.92 Å². The summed E-state index contributed by atoms with van der Waals surface area (Å²) in [7, 11) is 0. The van der Waals surface area contributed by atoms with Gasteiger partial charge in [0.1, 0.15) is 0 Å². The van der Waals surface area contributed by atoms with Gasteiger partial charge in [-0.25, -0.2) is 0 Å². The molecule has 4 aromatic carbocycles. The van der Waals surface area contributed by atoms with Crippen molar-refractivity contribution in [3.63, 3.8) is 0 Å². The molecule has 2 heteroatoms. The molecular formula is C34H44HfSi. The number of aryl methyl sites for hydroxylation is 2. The van der Waals surface area contributed by atoms with Crippen LogP contribution in [0.1, 0.15) is 89.5 Å². The second-order valence-electron chi connectivity index (χ2n) is 12.5. The number of rotatable bonds is 1. The first-order valence-electron chi connectivity index (χ1n) is 13.5. The molecule has 0 saturated heterocycles. The fourth-order valence-corrected chi connectivity index (χ4v) is 8.43. The van der Waals surface area contributed by atoms with Crippen LogP contribution in [-0.2, 0) is 33.8 Å². The minimum absolute atomic E-state index is 0.236. The molecule has 0 N–H and O–H groups in total. The van der Waals surface area contributed by atoms with Crippen LogP contribution in [-0.4, -0.2) is 11.5 Å². The van der Waals surface area contributed by atoms with E-state index in [1.165, 1.54) is 98.3 Å². The second kappa shape index (κ2) is 12.4. The predicted octanol–water partition coefficient (Wildman–Crippen LogP) is 9.47. The standard InChI is InChI=1S/2C14H17.C6H10Si.Hf/c2*1-10-8-11-6-5-7-13(12(11)9-10)14(2,3)4;7-5-6-3-1-2-4-6;/h2*5-9H,1-4H3;5-6H,1-4H2;/q2*-1;;+2. The molecular weight excluding hydrogens is 615 g/mol. The molecule has 36 heavy (non-hydrogen) atoms. The van der Waals surface area contributed by atoms with E-state index < -0.39 is 0 Å². The summed E-state index contributed by atoms with van der Waals surface area (Å²) in [5.74, 6) is 2.24. The maximum atomic E-state index is 2.55. The van der Waals surface area contributed by atoms with Crippen LogP contribution in [0, 0.1) is 19.8 Å². The van der Waals surface area contributed by atoms with Crippen molar-refractivity contribution in [2.45, 2.75) is 91.9 Å². The maximum absolute atomic E-state index is 2.55. The van der Waals surface area contributed by atoms with Gasteiger partial charge < -0.3 is 0 Å². The Morgan fingerprint density at radius 1 is 0.750 bits per heavy atom. The van der Waals surface area contributed by atoms with E-state index in [0.29, 0.717) is 0 Å². The van der Waals surface area contributed by atoms with Gasteiger partial charge in [0.05, 0.1) is 0 Å². The van der Waals surface area contributed by atoms with Gasteiger partial charge in [-0.15, -0.1) is 69.1 Å². The van der Waals surface area contributed by atoms with E-state index in [2.05, 4.69) is 122 Å². The Hall–Kier alpha value is -1.38. The van der Waals surface area contributed by atoms with Crippen LogP contribution in [0.3, 0.4) is 0 Å². The van der Waals surface area contributed by atoms with Crippen LogP contribution in [0.5, 0.6) is 0 Å². The van der Waals surface area contributed by atoms with E-state index >= 15 is 0 Å². The van der Waals surface area contributed by atoms with Crippen molar-refractivity contribution in [1.29, 1.82) is 0 Å². The number of hydrogen-bond donors (Lipinski definition) is 0. The van der Waals surface area contributed by atoms with Crippen LogP contribution in [0.2, 0.25) is 0 Å². The Kier molecular flexibility index (Phi) is 10.1. The number of hydrogen-bond acceptors (Lipinski definition) is 0. The molecule has 0 unspecified atom stereocenters. The van der Waals surface area contributed by atoms with Gasteiger partial charge in [-0.1, -0.05) is 78.6 Å². The van der Waals surface area contributed by atoms with Gasteiger partial charge in [-0.3, -0.25) is 0 Å². The summed E-state index contributed by atoms with van der Waals surface area (Å²) in [6, 6.07) is 22.3. The molecule has 0 amide bonds. The molecule has 1 aliphatic carbocycles. The molecule has 1 aliphatic rings. The predicted molar refractivity (Wildman–Crippen MR) is 160 cm³/mol. The molecule has 0 nitrogen and oxygen atoms in total. The van der Waals surface area contributed by atoms with E-state index in [9.17, 15) is 0 Å². The first kappa shape index (κ1) is 29.2. The molecule has 1 fully saturated rings. The first-order valence-corrected chi connectivity index (χ1v) is 20.0. The summed E-state index contributed by atoms with van der Waals surface area (Å²) in [4.78, 5) is 0. The molecule has 1 saturated carbocycles. The van der Waals surface area contributed by atoms with Crippen LogP contribution >= 0.6 is 0 Å². The zero-order valence-electron chi connectivity index (χ0n) is 23.8. The summed E-state index contributed by atoms with van der Waals surface area (Å²) in [6.07, 6.45) is 5.98. The number of benzene rings is 2. The van der Waals surface area contributed by atoms with Crippen molar-refractivity contribution < 1.29 is 23.0 Å². The molecule has 0 atom stereocenters. The Morgan fingerprint density at radius 3 is 1.53 bits per heavy atom. The third-order valence-electron chi connectivity index (χ3n) is 7.12. The summed E-state index contributed by atoms with van der Waals surface area (Å²) in [6.45, 7) is 17.9. The van der Waals surface area contributed by atoms with E-state index in [1.807, 2.05) is 0 Å². The van der Waals surface area contributed by atoms with Gasteiger partial charge >= 0.3 is 66.1 Å². The summed E-state index contributed by atoms with van der Waals surface area (Å²) >= 11 is 1.40. The van der Waals surface area contributed by atoms with E-state index in [1.54, 1.807) is 0 Å². The normalized spacial score (nSPS) is 14.2. The molecule has 4 aromatic rings. The quantitative estimate of drug-likeness (QED) is 0.141. The summed E-state index contributed by atoms with van der Waals surface area (Å²) < 4.78 is 0. The Morgan fingerprint density at radius 2 is 1.17 bits per heavy atom. The van der Waals surface area contributed by atoms with Gasteiger partial charge in [0.15, 0.2) is 0 Å². The fourth-order valence-electron chi connectivity index (χ4n) is 5.32. The SMILES string of the molecule is Cc1cc2c(C(C)(C)C)cccc2[cH-]1.Cc1cc2c(C(C)(C)C)cccc2[cH-]1.[Hf+2]=[Si]=CC1CCCC1. The third-order valence-corrected chi connectivity index (χ3v) is 9.56. The van der Waals surface area contributed by atoms with Crippen LogP contribution in [0.4, 0.5) is 0 Å². The first-order chi connectivity index (χ1) is 16.9. The molecule has 0 bridgehead atoms. The van der Waals surface area contributed by atoms with Crippen molar-refractivity contribution in [1.82, 2.24) is 0 Å². The van der Waals surface area contributed by atoms with E-state index in [-0.39, 0.29) is 10.8 Å². The molecule has 5 rings (SSSR count). The Labute approximate surface area is 235 Å². The van der Waals surface area contributed by atoms with E-state index in [4.69, 9.17) is 0 Å². The molecule has 0 radical (unpaired) electrons. The third kappa shape index (κ3) is 7.81. The van der Waals surface area contributed by atoms with Crippen molar-refractivity contribution in [3.05, 3.63) is 82.9 Å². The topological polar surface area (TPSA) is 0 Å². The summed E-state index contributed by atoms with van der Waals surface area (Å²) in [5, 5.41) is 5.57. The molecule has 0 aromatic heterocycles. The summed E-state index contributed by atoms with van der Waals surface area (Å²) in [5.41, 5.74) is 8.64. The van der Waals surface area contributed by atoms with Gasteiger partial charge in [0, 0.05) is 0 Å². The minimum atomic E-state index is 0.236. The Bertz CT molecular complexity index is 1230. The molecule has 188 valence electrons. The van der Waals surface area contributed by atoms with Crippen LogP contribution < -0.4 is 0 Å². The average Bonchev–Trinajstić information content (AvgIpc) is 3.51. The van der Waals surface area contributed by atoms with Crippen molar-refractivity contribution >= 4 is 33.0 Å².